The highest BCUT2D eigenvalue weighted by Crippen LogP contribution is 2.35. The van der Waals surface area contributed by atoms with Crippen LogP contribution < -0.4 is 5.32 Å². The number of hydrogen-bond acceptors (Lipinski definition) is 2. The van der Waals surface area contributed by atoms with Crippen LogP contribution in [0.15, 0.2) is 48.5 Å². The maximum atomic E-state index is 13.5. The Bertz CT molecular complexity index is 1150. The van der Waals surface area contributed by atoms with Crippen molar-refractivity contribution < 1.29 is 9.59 Å². The lowest BCUT2D eigenvalue weighted by Gasteiger charge is -2.31. The van der Waals surface area contributed by atoms with Crippen molar-refractivity contribution >= 4 is 22.7 Å². The zero-order valence-corrected chi connectivity index (χ0v) is 18.2. The van der Waals surface area contributed by atoms with Crippen molar-refractivity contribution in [2.45, 2.75) is 58.2 Å². The van der Waals surface area contributed by atoms with Crippen LogP contribution in [0.5, 0.6) is 0 Å². The van der Waals surface area contributed by atoms with Gasteiger partial charge < -0.3 is 15.2 Å². The van der Waals surface area contributed by atoms with Crippen molar-refractivity contribution in [3.63, 3.8) is 0 Å². The Hall–Kier alpha value is -3.08. The number of carbonyl (C=O) groups excluding carboxylic acids is 2. The maximum absolute atomic E-state index is 13.5. The SMILES string of the molecule is CC(C)C[C@@H](C(=O)N[C@H]1CCCc2c1[nH]c1ccccc21)N1Cc2ccccc2C1=O. The minimum absolute atomic E-state index is 0.0358. The van der Waals surface area contributed by atoms with Gasteiger partial charge >= 0.3 is 0 Å². The van der Waals surface area contributed by atoms with E-state index in [9.17, 15) is 9.59 Å². The number of nitrogens with one attached hydrogen (secondary N) is 2. The number of benzene rings is 2. The molecule has 3 aromatic rings. The van der Waals surface area contributed by atoms with Gasteiger partial charge in [-0.15, -0.1) is 0 Å². The Morgan fingerprint density at radius 2 is 1.94 bits per heavy atom. The van der Waals surface area contributed by atoms with Gasteiger partial charge in [0.15, 0.2) is 0 Å². The topological polar surface area (TPSA) is 65.2 Å². The number of H-pyrrole nitrogens is 1. The summed E-state index contributed by atoms with van der Waals surface area (Å²) in [4.78, 5) is 31.9. The fraction of sp³-hybridized carbons (Fsp3) is 0.385. The van der Waals surface area contributed by atoms with E-state index in [1.807, 2.05) is 30.3 Å². The van der Waals surface area contributed by atoms with Gasteiger partial charge in [0.1, 0.15) is 6.04 Å². The van der Waals surface area contributed by atoms with Crippen LogP contribution in [0.1, 0.15) is 66.3 Å². The van der Waals surface area contributed by atoms with E-state index in [1.165, 1.54) is 10.9 Å². The second-order valence-corrected chi connectivity index (χ2v) is 9.25. The van der Waals surface area contributed by atoms with Gasteiger partial charge in [-0.3, -0.25) is 9.59 Å². The standard InChI is InChI=1S/C26H29N3O2/c1-16(2)14-23(29-15-17-8-3-4-9-18(17)26(29)31)25(30)28-22-13-7-11-20-19-10-5-6-12-21(19)27-24(20)22/h3-6,8-10,12,16,22-23,27H,7,11,13-15H2,1-2H3,(H,28,30)/t22-,23-/m0/s1. The molecule has 0 saturated heterocycles. The van der Waals surface area contributed by atoms with Crippen LogP contribution >= 0.6 is 0 Å². The normalized spacial score (nSPS) is 18.9. The van der Waals surface area contributed by atoms with Crippen LogP contribution in [0.2, 0.25) is 0 Å². The number of aromatic nitrogens is 1. The molecule has 1 aliphatic carbocycles. The van der Waals surface area contributed by atoms with Gasteiger partial charge in [0.2, 0.25) is 5.91 Å². The van der Waals surface area contributed by atoms with E-state index in [-0.39, 0.29) is 17.9 Å². The lowest BCUT2D eigenvalue weighted by Crippen LogP contribution is -2.49. The number of fused-ring (bicyclic) bond motifs is 4. The van der Waals surface area contributed by atoms with Crippen molar-refractivity contribution in [3.8, 4) is 0 Å². The summed E-state index contributed by atoms with van der Waals surface area (Å²) in [7, 11) is 0. The van der Waals surface area contributed by atoms with Crippen LogP contribution in [-0.4, -0.2) is 27.7 Å². The fourth-order valence-electron chi connectivity index (χ4n) is 5.18. The van der Waals surface area contributed by atoms with Crippen molar-refractivity contribution in [1.29, 1.82) is 0 Å². The zero-order chi connectivity index (χ0) is 21.5. The molecular formula is C26H29N3O2. The maximum Gasteiger partial charge on any atom is 0.255 e. The number of para-hydroxylation sites is 1. The third-order valence-electron chi connectivity index (χ3n) is 6.65. The molecular weight excluding hydrogens is 386 g/mol. The lowest BCUT2D eigenvalue weighted by molar-refractivity contribution is -0.127. The molecule has 0 radical (unpaired) electrons. The highest BCUT2D eigenvalue weighted by atomic mass is 16.2. The van der Waals surface area contributed by atoms with Crippen molar-refractivity contribution in [2.24, 2.45) is 5.92 Å². The van der Waals surface area contributed by atoms with Gasteiger partial charge in [-0.1, -0.05) is 50.2 Å². The van der Waals surface area contributed by atoms with E-state index in [4.69, 9.17) is 0 Å². The molecule has 2 atom stereocenters. The summed E-state index contributed by atoms with van der Waals surface area (Å²) < 4.78 is 0. The Kier molecular flexibility index (Phi) is 5.05. The van der Waals surface area contributed by atoms with Crippen LogP contribution in [0, 0.1) is 5.92 Å². The fourth-order valence-corrected chi connectivity index (χ4v) is 5.18. The van der Waals surface area contributed by atoms with Gasteiger partial charge in [-0.25, -0.2) is 0 Å². The van der Waals surface area contributed by atoms with Crippen molar-refractivity contribution in [3.05, 3.63) is 70.9 Å². The van der Waals surface area contributed by atoms with Gasteiger partial charge in [0.25, 0.3) is 5.91 Å². The number of carbonyl (C=O) groups is 2. The van der Waals surface area contributed by atoms with Crippen LogP contribution in [0.3, 0.4) is 0 Å². The molecule has 1 aliphatic heterocycles. The molecule has 2 heterocycles. The molecule has 0 saturated carbocycles. The third kappa shape index (κ3) is 3.52. The van der Waals surface area contributed by atoms with Gasteiger partial charge in [-0.2, -0.15) is 0 Å². The Labute approximate surface area is 182 Å². The molecule has 0 unspecified atom stereocenters. The molecule has 1 aromatic heterocycles. The molecule has 0 spiro atoms. The lowest BCUT2D eigenvalue weighted by atomic mass is 9.91. The number of aryl methyl sites for hydroxylation is 1. The summed E-state index contributed by atoms with van der Waals surface area (Å²) in [6.07, 6.45) is 3.63. The first-order chi connectivity index (χ1) is 15.0. The predicted octanol–water partition coefficient (Wildman–Crippen LogP) is 4.73. The largest absolute Gasteiger partial charge is 0.356 e. The molecule has 5 rings (SSSR count). The number of hydrogen-bond donors (Lipinski definition) is 2. The van der Waals surface area contributed by atoms with E-state index in [0.717, 1.165) is 41.6 Å². The highest BCUT2D eigenvalue weighted by molar-refractivity contribution is 6.01. The van der Waals surface area contributed by atoms with Gasteiger partial charge in [0, 0.05) is 28.7 Å². The molecule has 5 nitrogen and oxygen atoms in total. The van der Waals surface area contributed by atoms with E-state index < -0.39 is 6.04 Å². The summed E-state index contributed by atoms with van der Waals surface area (Å²) in [6, 6.07) is 15.5. The molecule has 160 valence electrons. The Morgan fingerprint density at radius 3 is 2.74 bits per heavy atom. The Morgan fingerprint density at radius 1 is 1.16 bits per heavy atom. The summed E-state index contributed by atoms with van der Waals surface area (Å²) in [6.45, 7) is 4.71. The van der Waals surface area contributed by atoms with Crippen LogP contribution in [0.25, 0.3) is 10.9 Å². The number of aromatic amines is 1. The quantitative estimate of drug-likeness (QED) is 0.633. The zero-order valence-electron chi connectivity index (χ0n) is 18.2. The summed E-state index contributed by atoms with van der Waals surface area (Å²) in [5.74, 6) is 0.222. The number of amides is 2. The van der Waals surface area contributed by atoms with E-state index in [2.05, 4.69) is 42.3 Å². The molecule has 2 N–H and O–H groups in total. The van der Waals surface area contributed by atoms with E-state index in [1.54, 1.807) is 4.90 Å². The number of nitrogens with zero attached hydrogens (tertiary/aromatic N) is 1. The second-order valence-electron chi connectivity index (χ2n) is 9.25. The van der Waals surface area contributed by atoms with Crippen molar-refractivity contribution in [1.82, 2.24) is 15.2 Å². The predicted molar refractivity (Wildman–Crippen MR) is 122 cm³/mol. The summed E-state index contributed by atoms with van der Waals surface area (Å²) in [5.41, 5.74) is 5.29. The van der Waals surface area contributed by atoms with Gasteiger partial charge in [-0.05, 0) is 54.9 Å². The molecule has 2 amide bonds. The van der Waals surface area contributed by atoms with Crippen LogP contribution in [0.4, 0.5) is 0 Å². The van der Waals surface area contributed by atoms with Crippen molar-refractivity contribution in [2.75, 3.05) is 0 Å². The molecule has 2 aromatic carbocycles. The molecule has 0 bridgehead atoms. The molecule has 5 heteroatoms. The average Bonchev–Trinajstić information content (AvgIpc) is 3.31. The molecule has 2 aliphatic rings. The first-order valence-electron chi connectivity index (χ1n) is 11.3. The molecule has 31 heavy (non-hydrogen) atoms. The Balaban J connectivity index is 1.41. The summed E-state index contributed by atoms with van der Waals surface area (Å²) >= 11 is 0. The third-order valence-corrected chi connectivity index (χ3v) is 6.65. The average molecular weight is 416 g/mol. The smallest absolute Gasteiger partial charge is 0.255 e. The van der Waals surface area contributed by atoms with E-state index in [0.29, 0.717) is 18.9 Å². The van der Waals surface area contributed by atoms with E-state index >= 15 is 0 Å². The minimum atomic E-state index is -0.463. The first kappa shape index (κ1) is 19.9. The first-order valence-corrected chi connectivity index (χ1v) is 11.3. The van der Waals surface area contributed by atoms with Gasteiger partial charge in [0.05, 0.1) is 6.04 Å². The van der Waals surface area contributed by atoms with Crippen LogP contribution in [-0.2, 0) is 17.8 Å². The summed E-state index contributed by atoms with van der Waals surface area (Å²) in [5, 5.41) is 4.55. The monoisotopic (exact) mass is 415 g/mol. The minimum Gasteiger partial charge on any atom is -0.356 e. The molecule has 0 fully saturated rings. The second kappa shape index (κ2) is 7.88. The highest BCUT2D eigenvalue weighted by Gasteiger charge is 2.37. The number of rotatable bonds is 5.